The Bertz CT molecular complexity index is 489. The van der Waals surface area contributed by atoms with Gasteiger partial charge in [0, 0.05) is 24.8 Å². The molecular weight excluding hydrogens is 269 g/mol. The summed E-state index contributed by atoms with van der Waals surface area (Å²) in [6.07, 6.45) is 4.04. The minimum Gasteiger partial charge on any atom is -0.383 e. The fourth-order valence-electron chi connectivity index (χ4n) is 3.03. The van der Waals surface area contributed by atoms with Crippen LogP contribution in [0.4, 0.5) is 0 Å². The molecule has 1 aromatic carbocycles. The molecule has 3 heterocycles. The SMILES string of the molecule is O[C@H]1/C(=C/c2ccc(Cl)c(Cl)c2)[NH+]2CCC1CC2. The van der Waals surface area contributed by atoms with Crippen LogP contribution in [0, 0.1) is 5.92 Å². The number of hydrogen-bond donors (Lipinski definition) is 2. The molecule has 0 radical (unpaired) electrons. The Labute approximate surface area is 117 Å². The van der Waals surface area contributed by atoms with Crippen molar-refractivity contribution in [2.45, 2.75) is 18.9 Å². The van der Waals surface area contributed by atoms with E-state index in [1.54, 1.807) is 6.07 Å². The maximum absolute atomic E-state index is 10.3. The molecule has 1 atom stereocenters. The van der Waals surface area contributed by atoms with Gasteiger partial charge in [-0.15, -0.1) is 0 Å². The van der Waals surface area contributed by atoms with Gasteiger partial charge < -0.3 is 10.0 Å². The number of aliphatic hydroxyl groups excluding tert-OH is 1. The van der Waals surface area contributed by atoms with Gasteiger partial charge in [-0.1, -0.05) is 29.3 Å². The van der Waals surface area contributed by atoms with Crippen molar-refractivity contribution in [1.82, 2.24) is 0 Å². The molecule has 3 aliphatic heterocycles. The zero-order chi connectivity index (χ0) is 12.7. The first-order valence-corrected chi connectivity index (χ1v) is 7.10. The smallest absolute Gasteiger partial charge is 0.137 e. The molecule has 0 aromatic heterocycles. The van der Waals surface area contributed by atoms with Crippen LogP contribution < -0.4 is 4.90 Å². The van der Waals surface area contributed by atoms with Crippen LogP contribution in [-0.2, 0) is 0 Å². The number of benzene rings is 1. The highest BCUT2D eigenvalue weighted by Gasteiger charge is 2.41. The third-order valence-corrected chi connectivity index (χ3v) is 4.81. The lowest BCUT2D eigenvalue weighted by Crippen LogP contribution is -3.14. The van der Waals surface area contributed by atoms with E-state index in [0.717, 1.165) is 37.2 Å². The van der Waals surface area contributed by atoms with E-state index in [0.29, 0.717) is 16.0 Å². The van der Waals surface area contributed by atoms with Gasteiger partial charge in [0.05, 0.1) is 23.1 Å². The largest absolute Gasteiger partial charge is 0.383 e. The highest BCUT2D eigenvalue weighted by atomic mass is 35.5. The molecule has 2 bridgehead atoms. The summed E-state index contributed by atoms with van der Waals surface area (Å²) in [4.78, 5) is 1.41. The quantitative estimate of drug-likeness (QED) is 0.810. The van der Waals surface area contributed by atoms with E-state index in [2.05, 4.69) is 6.08 Å². The predicted octanol–water partition coefficient (Wildman–Crippen LogP) is 2.00. The van der Waals surface area contributed by atoms with Crippen molar-refractivity contribution in [2.24, 2.45) is 5.92 Å². The zero-order valence-corrected chi connectivity index (χ0v) is 11.5. The van der Waals surface area contributed by atoms with Crippen molar-refractivity contribution in [2.75, 3.05) is 13.1 Å². The standard InChI is InChI=1S/C14H15Cl2NO/c15-11-2-1-9(7-12(11)16)8-13-14(18)10-3-5-17(13)6-4-10/h1-2,7-8,10,14,18H,3-6H2/p+1/b13-8-/t14-/m1/s1. The minimum atomic E-state index is -0.294. The van der Waals surface area contributed by atoms with Gasteiger partial charge in [0.15, 0.2) is 0 Å². The lowest BCUT2D eigenvalue weighted by atomic mass is 9.83. The first-order chi connectivity index (χ1) is 8.65. The van der Waals surface area contributed by atoms with Crippen LogP contribution >= 0.6 is 23.2 Å². The average Bonchev–Trinajstić information content (AvgIpc) is 2.38. The second-order valence-electron chi connectivity index (χ2n) is 5.16. The predicted molar refractivity (Wildman–Crippen MR) is 73.9 cm³/mol. The highest BCUT2D eigenvalue weighted by Crippen LogP contribution is 2.27. The summed E-state index contributed by atoms with van der Waals surface area (Å²) in [5, 5.41) is 11.4. The van der Waals surface area contributed by atoms with Gasteiger partial charge in [-0.3, -0.25) is 0 Å². The molecule has 1 aromatic rings. The summed E-state index contributed by atoms with van der Waals surface area (Å²) in [6.45, 7) is 2.27. The number of aliphatic hydroxyl groups is 1. The Morgan fingerprint density at radius 2 is 1.89 bits per heavy atom. The Morgan fingerprint density at radius 3 is 2.50 bits per heavy atom. The van der Waals surface area contributed by atoms with E-state index in [1.165, 1.54) is 4.90 Å². The molecule has 3 aliphatic rings. The number of piperidine rings is 3. The molecule has 2 N–H and O–H groups in total. The number of hydrogen-bond acceptors (Lipinski definition) is 1. The van der Waals surface area contributed by atoms with Crippen molar-refractivity contribution in [3.05, 3.63) is 39.5 Å². The minimum absolute atomic E-state index is 0.294. The van der Waals surface area contributed by atoms with Crippen molar-refractivity contribution in [1.29, 1.82) is 0 Å². The van der Waals surface area contributed by atoms with Crippen LogP contribution in [-0.4, -0.2) is 24.3 Å². The second kappa shape index (κ2) is 4.86. The van der Waals surface area contributed by atoms with Crippen LogP contribution in [0.25, 0.3) is 6.08 Å². The fourth-order valence-corrected chi connectivity index (χ4v) is 3.33. The van der Waals surface area contributed by atoms with E-state index >= 15 is 0 Å². The van der Waals surface area contributed by atoms with Crippen LogP contribution in [0.2, 0.25) is 10.0 Å². The maximum atomic E-state index is 10.3. The molecule has 4 rings (SSSR count). The van der Waals surface area contributed by atoms with Crippen LogP contribution in [0.3, 0.4) is 0 Å². The van der Waals surface area contributed by atoms with Gasteiger partial charge in [-0.05, 0) is 17.7 Å². The Morgan fingerprint density at radius 1 is 1.17 bits per heavy atom. The van der Waals surface area contributed by atoms with E-state index < -0.39 is 0 Å². The molecule has 2 nitrogen and oxygen atoms in total. The summed E-state index contributed by atoms with van der Waals surface area (Å²) in [6, 6.07) is 5.59. The lowest BCUT2D eigenvalue weighted by Gasteiger charge is -2.41. The molecule has 0 saturated carbocycles. The van der Waals surface area contributed by atoms with E-state index in [9.17, 15) is 5.11 Å². The van der Waals surface area contributed by atoms with Crippen LogP contribution in [0.5, 0.6) is 0 Å². The summed E-state index contributed by atoms with van der Waals surface area (Å²) in [7, 11) is 0. The maximum Gasteiger partial charge on any atom is 0.137 e. The number of rotatable bonds is 1. The lowest BCUT2D eigenvalue weighted by molar-refractivity contribution is -0.880. The van der Waals surface area contributed by atoms with Crippen LogP contribution in [0.15, 0.2) is 23.9 Å². The normalized spacial score (nSPS) is 33.1. The molecule has 96 valence electrons. The summed E-state index contributed by atoms with van der Waals surface area (Å²) >= 11 is 11.9. The third-order valence-electron chi connectivity index (χ3n) is 4.07. The van der Waals surface area contributed by atoms with Gasteiger partial charge in [-0.25, -0.2) is 0 Å². The topological polar surface area (TPSA) is 24.7 Å². The van der Waals surface area contributed by atoms with Crippen molar-refractivity contribution in [3.8, 4) is 0 Å². The first-order valence-electron chi connectivity index (χ1n) is 6.35. The zero-order valence-electron chi connectivity index (χ0n) is 10.00. The third kappa shape index (κ3) is 2.19. The van der Waals surface area contributed by atoms with Crippen molar-refractivity contribution in [3.63, 3.8) is 0 Å². The van der Waals surface area contributed by atoms with Gasteiger partial charge in [0.1, 0.15) is 11.8 Å². The van der Waals surface area contributed by atoms with E-state index in [1.807, 2.05) is 12.1 Å². The molecule has 18 heavy (non-hydrogen) atoms. The molecular formula is C14H16Cl2NO+. The fraction of sp³-hybridized carbons (Fsp3) is 0.429. The highest BCUT2D eigenvalue weighted by molar-refractivity contribution is 6.42. The molecule has 0 amide bonds. The first kappa shape index (κ1) is 12.5. The average molecular weight is 285 g/mol. The molecule has 3 fully saturated rings. The van der Waals surface area contributed by atoms with Crippen molar-refractivity contribution >= 4 is 29.3 Å². The second-order valence-corrected chi connectivity index (χ2v) is 5.97. The van der Waals surface area contributed by atoms with E-state index in [-0.39, 0.29) is 6.10 Å². The number of nitrogens with one attached hydrogen (secondary N) is 1. The Balaban J connectivity index is 1.93. The molecule has 0 spiro atoms. The van der Waals surface area contributed by atoms with Gasteiger partial charge in [-0.2, -0.15) is 0 Å². The number of quaternary nitrogens is 1. The molecule has 4 heteroatoms. The number of halogens is 2. The molecule has 0 unspecified atom stereocenters. The van der Waals surface area contributed by atoms with Gasteiger partial charge in [0.25, 0.3) is 0 Å². The van der Waals surface area contributed by atoms with Gasteiger partial charge >= 0.3 is 0 Å². The summed E-state index contributed by atoms with van der Waals surface area (Å²) < 4.78 is 0. The number of fused-ring (bicyclic) bond motifs is 3. The summed E-state index contributed by atoms with van der Waals surface area (Å²) in [5.74, 6) is 0.441. The Kier molecular flexibility index (Phi) is 3.37. The summed E-state index contributed by atoms with van der Waals surface area (Å²) in [5.41, 5.74) is 2.12. The van der Waals surface area contributed by atoms with Gasteiger partial charge in [0.2, 0.25) is 0 Å². The molecule has 0 aliphatic carbocycles. The van der Waals surface area contributed by atoms with Crippen molar-refractivity contribution < 1.29 is 10.0 Å². The van der Waals surface area contributed by atoms with Crippen LogP contribution in [0.1, 0.15) is 18.4 Å². The molecule has 3 saturated heterocycles. The van der Waals surface area contributed by atoms with E-state index in [4.69, 9.17) is 23.2 Å². The Hall–Kier alpha value is -0.540. The monoisotopic (exact) mass is 284 g/mol.